The van der Waals surface area contributed by atoms with Crippen molar-refractivity contribution >= 4 is 19.2 Å². The van der Waals surface area contributed by atoms with Crippen molar-refractivity contribution in [3.63, 3.8) is 0 Å². The van der Waals surface area contributed by atoms with Crippen molar-refractivity contribution in [3.05, 3.63) is 30.3 Å². The highest BCUT2D eigenvalue weighted by Gasteiger charge is 2.09. The third-order valence-corrected chi connectivity index (χ3v) is 2.48. The molecule has 13 heavy (non-hydrogen) atoms. The summed E-state index contributed by atoms with van der Waals surface area (Å²) in [4.78, 5) is 2.48. The highest BCUT2D eigenvalue weighted by atomic mass is 32.1. The molecule has 1 saturated heterocycles. The molecule has 0 aromatic heterocycles. The van der Waals surface area contributed by atoms with E-state index in [1.54, 1.807) is 0 Å². The van der Waals surface area contributed by atoms with Crippen LogP contribution in [-0.2, 0) is 0 Å². The van der Waals surface area contributed by atoms with E-state index in [0.717, 1.165) is 0 Å². The summed E-state index contributed by atoms with van der Waals surface area (Å²) >= 11 is 0. The SMILES string of the molecule is S.c1ccc(N2CCCCC2)cc1. The molecule has 0 N–H and O–H groups in total. The minimum absolute atomic E-state index is 0. The number of hydrogen-bond acceptors (Lipinski definition) is 1. The van der Waals surface area contributed by atoms with Gasteiger partial charge < -0.3 is 4.90 Å². The Bertz CT molecular complexity index is 229. The van der Waals surface area contributed by atoms with Crippen molar-refractivity contribution < 1.29 is 0 Å². The lowest BCUT2D eigenvalue weighted by molar-refractivity contribution is 0.578. The van der Waals surface area contributed by atoms with E-state index in [2.05, 4.69) is 35.2 Å². The predicted molar refractivity (Wildman–Crippen MR) is 62.9 cm³/mol. The summed E-state index contributed by atoms with van der Waals surface area (Å²) in [6, 6.07) is 10.7. The molecule has 1 aliphatic rings. The molecule has 1 aliphatic heterocycles. The van der Waals surface area contributed by atoms with Crippen LogP contribution in [0.25, 0.3) is 0 Å². The quantitative estimate of drug-likeness (QED) is 0.666. The highest BCUT2D eigenvalue weighted by molar-refractivity contribution is 7.59. The smallest absolute Gasteiger partial charge is 0.0366 e. The molecule has 1 fully saturated rings. The van der Waals surface area contributed by atoms with Crippen molar-refractivity contribution in [1.82, 2.24) is 0 Å². The van der Waals surface area contributed by atoms with Gasteiger partial charge in [-0.25, -0.2) is 0 Å². The molecular formula is C11H17NS. The summed E-state index contributed by atoms with van der Waals surface area (Å²) in [6.07, 6.45) is 4.12. The van der Waals surface area contributed by atoms with Crippen molar-refractivity contribution in [1.29, 1.82) is 0 Å². The average molecular weight is 195 g/mol. The van der Waals surface area contributed by atoms with Gasteiger partial charge in [-0.1, -0.05) is 18.2 Å². The molecule has 0 radical (unpaired) electrons. The van der Waals surface area contributed by atoms with Gasteiger partial charge in [0.15, 0.2) is 0 Å². The van der Waals surface area contributed by atoms with Crippen molar-refractivity contribution in [2.45, 2.75) is 19.3 Å². The van der Waals surface area contributed by atoms with Crippen LogP contribution >= 0.6 is 13.5 Å². The maximum Gasteiger partial charge on any atom is 0.0366 e. The lowest BCUT2D eigenvalue weighted by Crippen LogP contribution is -2.29. The van der Waals surface area contributed by atoms with Crippen LogP contribution in [-0.4, -0.2) is 13.1 Å². The standard InChI is InChI=1S/C11H15N.H2S/c1-3-7-11(8-4-1)12-9-5-2-6-10-12;/h1,3-4,7-8H,2,5-6,9-10H2;1H2. The molecular weight excluding hydrogens is 178 g/mol. The zero-order valence-electron chi connectivity index (χ0n) is 7.87. The van der Waals surface area contributed by atoms with Gasteiger partial charge in [0.2, 0.25) is 0 Å². The highest BCUT2D eigenvalue weighted by Crippen LogP contribution is 2.18. The van der Waals surface area contributed by atoms with E-state index in [4.69, 9.17) is 0 Å². The zero-order chi connectivity index (χ0) is 8.23. The first kappa shape index (κ1) is 10.5. The molecule has 1 heterocycles. The Kier molecular flexibility index (Phi) is 4.16. The van der Waals surface area contributed by atoms with Crippen LogP contribution in [0.3, 0.4) is 0 Å². The van der Waals surface area contributed by atoms with E-state index >= 15 is 0 Å². The summed E-state index contributed by atoms with van der Waals surface area (Å²) in [6.45, 7) is 2.48. The normalized spacial score (nSPS) is 16.5. The predicted octanol–water partition coefficient (Wildman–Crippen LogP) is 2.79. The Labute approximate surface area is 87.2 Å². The van der Waals surface area contributed by atoms with E-state index in [1.165, 1.54) is 38.0 Å². The minimum Gasteiger partial charge on any atom is -0.372 e. The largest absolute Gasteiger partial charge is 0.372 e. The molecule has 2 rings (SSSR count). The Morgan fingerprint density at radius 1 is 0.846 bits per heavy atom. The van der Waals surface area contributed by atoms with E-state index in [9.17, 15) is 0 Å². The monoisotopic (exact) mass is 195 g/mol. The lowest BCUT2D eigenvalue weighted by Gasteiger charge is -2.28. The fourth-order valence-electron chi connectivity index (χ4n) is 1.79. The van der Waals surface area contributed by atoms with Crippen molar-refractivity contribution in [2.24, 2.45) is 0 Å². The zero-order valence-corrected chi connectivity index (χ0v) is 8.87. The van der Waals surface area contributed by atoms with Gasteiger partial charge >= 0.3 is 0 Å². The molecule has 2 heteroatoms. The number of anilines is 1. The molecule has 0 bridgehead atoms. The third kappa shape index (κ3) is 2.66. The van der Waals surface area contributed by atoms with Crippen LogP contribution in [0.4, 0.5) is 5.69 Å². The number of para-hydroxylation sites is 1. The van der Waals surface area contributed by atoms with Gasteiger partial charge in [-0.15, -0.1) is 0 Å². The average Bonchev–Trinajstić information content (AvgIpc) is 2.21. The fraction of sp³-hybridized carbons (Fsp3) is 0.455. The lowest BCUT2D eigenvalue weighted by atomic mass is 10.1. The van der Waals surface area contributed by atoms with Gasteiger partial charge in [0.1, 0.15) is 0 Å². The van der Waals surface area contributed by atoms with E-state index < -0.39 is 0 Å². The Morgan fingerprint density at radius 2 is 1.46 bits per heavy atom. The second kappa shape index (κ2) is 5.18. The summed E-state index contributed by atoms with van der Waals surface area (Å²) in [7, 11) is 0. The summed E-state index contributed by atoms with van der Waals surface area (Å²) in [5, 5.41) is 0. The van der Waals surface area contributed by atoms with Crippen molar-refractivity contribution in [3.8, 4) is 0 Å². The number of nitrogens with zero attached hydrogens (tertiary/aromatic N) is 1. The van der Waals surface area contributed by atoms with Gasteiger partial charge in [0, 0.05) is 18.8 Å². The first-order chi connectivity index (χ1) is 5.97. The summed E-state index contributed by atoms with van der Waals surface area (Å²) < 4.78 is 0. The molecule has 0 atom stereocenters. The van der Waals surface area contributed by atoms with Gasteiger partial charge in [0.25, 0.3) is 0 Å². The van der Waals surface area contributed by atoms with Crippen LogP contribution < -0.4 is 4.90 Å². The fourth-order valence-corrected chi connectivity index (χ4v) is 1.79. The maximum absolute atomic E-state index is 2.48. The van der Waals surface area contributed by atoms with Gasteiger partial charge in [-0.2, -0.15) is 13.5 Å². The maximum atomic E-state index is 2.48. The van der Waals surface area contributed by atoms with Crippen LogP contribution in [0.15, 0.2) is 30.3 Å². The third-order valence-electron chi connectivity index (χ3n) is 2.48. The molecule has 0 aliphatic carbocycles. The van der Waals surface area contributed by atoms with Gasteiger partial charge in [-0.05, 0) is 31.4 Å². The number of hydrogen-bond donors (Lipinski definition) is 0. The Balaban J connectivity index is 0.000000845. The van der Waals surface area contributed by atoms with Crippen LogP contribution in [0, 0.1) is 0 Å². The second-order valence-corrected chi connectivity index (χ2v) is 3.38. The van der Waals surface area contributed by atoms with Gasteiger partial charge in [-0.3, -0.25) is 0 Å². The molecule has 1 aromatic rings. The first-order valence-corrected chi connectivity index (χ1v) is 4.77. The summed E-state index contributed by atoms with van der Waals surface area (Å²) in [5.74, 6) is 0. The van der Waals surface area contributed by atoms with E-state index in [-0.39, 0.29) is 13.5 Å². The number of piperidine rings is 1. The summed E-state index contributed by atoms with van der Waals surface area (Å²) in [5.41, 5.74) is 1.39. The Morgan fingerprint density at radius 3 is 2.08 bits per heavy atom. The van der Waals surface area contributed by atoms with Crippen LogP contribution in [0.5, 0.6) is 0 Å². The van der Waals surface area contributed by atoms with Crippen molar-refractivity contribution in [2.75, 3.05) is 18.0 Å². The molecule has 0 saturated carbocycles. The topological polar surface area (TPSA) is 3.24 Å². The molecule has 0 unspecified atom stereocenters. The van der Waals surface area contributed by atoms with Crippen LogP contribution in [0.1, 0.15) is 19.3 Å². The van der Waals surface area contributed by atoms with E-state index in [0.29, 0.717) is 0 Å². The number of rotatable bonds is 1. The first-order valence-electron chi connectivity index (χ1n) is 4.77. The minimum atomic E-state index is 0. The van der Waals surface area contributed by atoms with Crippen LogP contribution in [0.2, 0.25) is 0 Å². The molecule has 72 valence electrons. The molecule has 1 nitrogen and oxygen atoms in total. The molecule has 1 aromatic carbocycles. The van der Waals surface area contributed by atoms with E-state index in [1.807, 2.05) is 0 Å². The number of benzene rings is 1. The molecule has 0 amide bonds. The van der Waals surface area contributed by atoms with Gasteiger partial charge in [0.05, 0.1) is 0 Å². The molecule has 0 spiro atoms. The Hall–Kier alpha value is -0.630. The second-order valence-electron chi connectivity index (χ2n) is 3.38.